The zero-order valence-electron chi connectivity index (χ0n) is 6.86. The molecular weight excluding hydrogens is 362 g/mol. The van der Waals surface area contributed by atoms with E-state index in [-0.39, 0.29) is 31.1 Å². The summed E-state index contributed by atoms with van der Waals surface area (Å²) in [5.41, 5.74) is 0.304. The van der Waals surface area contributed by atoms with E-state index in [1.807, 2.05) is 0 Å². The summed E-state index contributed by atoms with van der Waals surface area (Å²) < 4.78 is 19.5. The van der Waals surface area contributed by atoms with Gasteiger partial charge >= 0.3 is 0 Å². The number of Topliss-reactive ketones (excluding diaryl/α,β-unsaturated/α-hetero) is 1. The van der Waals surface area contributed by atoms with Crippen LogP contribution in [0.25, 0.3) is 0 Å². The van der Waals surface area contributed by atoms with Crippen LogP contribution in [0.5, 0.6) is 0 Å². The van der Waals surface area contributed by atoms with E-state index in [0.717, 1.165) is 0 Å². The number of rotatable bonds is 2. The number of benzene rings is 1. The van der Waals surface area contributed by atoms with Crippen LogP contribution < -0.4 is 0 Å². The monoisotopic (exact) mass is 371 g/mol. The standard InChI is InChI=1S/C8H8O3S.Re/c1-6(9)7-4-2-3-5-8(7)12(10)11;/h2-5H,1H3,(H,10,11);. The van der Waals surface area contributed by atoms with Gasteiger partial charge in [0.05, 0.1) is 4.90 Å². The van der Waals surface area contributed by atoms with Crippen LogP contribution in [-0.2, 0) is 31.5 Å². The van der Waals surface area contributed by atoms with Crippen molar-refractivity contribution in [1.29, 1.82) is 0 Å². The first kappa shape index (κ1) is 12.7. The number of carbonyl (C=O) groups is 1. The summed E-state index contributed by atoms with van der Waals surface area (Å²) in [5, 5.41) is 0. The molecule has 1 radical (unpaired) electrons. The van der Waals surface area contributed by atoms with Gasteiger partial charge in [-0.3, -0.25) is 4.79 Å². The summed E-state index contributed by atoms with van der Waals surface area (Å²) in [6.45, 7) is 1.37. The first-order valence-corrected chi connectivity index (χ1v) is 4.44. The maximum atomic E-state index is 10.9. The molecule has 0 aliphatic carbocycles. The van der Waals surface area contributed by atoms with Gasteiger partial charge in [-0.15, -0.1) is 0 Å². The van der Waals surface area contributed by atoms with Gasteiger partial charge in [0.15, 0.2) is 16.9 Å². The molecule has 3 nitrogen and oxygen atoms in total. The normalized spacial score (nSPS) is 11.5. The van der Waals surface area contributed by atoms with E-state index in [9.17, 15) is 9.00 Å². The molecule has 0 aliphatic rings. The van der Waals surface area contributed by atoms with Gasteiger partial charge in [-0.2, -0.15) is 0 Å². The largest absolute Gasteiger partial charge is 0.302 e. The molecule has 0 aromatic heterocycles. The molecule has 0 bridgehead atoms. The van der Waals surface area contributed by atoms with E-state index in [0.29, 0.717) is 5.56 Å². The molecule has 0 spiro atoms. The molecule has 0 fully saturated rings. The molecule has 1 atom stereocenters. The molecular formula is C8H8O3ReS. The number of carbonyl (C=O) groups excluding carboxylic acids is 1. The minimum Gasteiger partial charge on any atom is -0.302 e. The van der Waals surface area contributed by atoms with Crippen LogP contribution in [0.3, 0.4) is 0 Å². The first-order valence-electron chi connectivity index (χ1n) is 3.33. The summed E-state index contributed by atoms with van der Waals surface area (Å²) in [4.78, 5) is 11.1. The second-order valence-corrected chi connectivity index (χ2v) is 3.24. The van der Waals surface area contributed by atoms with Crippen molar-refractivity contribution in [1.82, 2.24) is 0 Å². The van der Waals surface area contributed by atoms with E-state index in [1.54, 1.807) is 12.1 Å². The van der Waals surface area contributed by atoms with E-state index in [2.05, 4.69) is 0 Å². The third-order valence-corrected chi connectivity index (χ3v) is 2.19. The molecule has 0 heterocycles. The van der Waals surface area contributed by atoms with Crippen LogP contribution >= 0.6 is 0 Å². The first-order chi connectivity index (χ1) is 5.63. The van der Waals surface area contributed by atoms with Crippen molar-refractivity contribution in [2.45, 2.75) is 11.8 Å². The van der Waals surface area contributed by atoms with Crippen molar-refractivity contribution in [3.8, 4) is 0 Å². The Hall–Kier alpha value is -0.338. The Balaban J connectivity index is 0.00000144. The van der Waals surface area contributed by atoms with Crippen LogP contribution in [0, 0.1) is 0 Å². The van der Waals surface area contributed by atoms with Crippen molar-refractivity contribution in [2.75, 3.05) is 0 Å². The molecule has 13 heavy (non-hydrogen) atoms. The van der Waals surface area contributed by atoms with E-state index >= 15 is 0 Å². The summed E-state index contributed by atoms with van der Waals surface area (Å²) in [7, 11) is 0. The maximum absolute atomic E-state index is 10.9. The van der Waals surface area contributed by atoms with Crippen molar-refractivity contribution >= 4 is 16.9 Å². The Kier molecular flexibility index (Phi) is 5.26. The average molecular weight is 370 g/mol. The molecule has 0 saturated heterocycles. The van der Waals surface area contributed by atoms with Gasteiger partial charge < -0.3 is 4.55 Å². The quantitative estimate of drug-likeness (QED) is 0.634. The smallest absolute Gasteiger partial charge is 0.187 e. The zero-order valence-corrected chi connectivity index (χ0v) is 10.4. The minimum atomic E-state index is -2.08. The third kappa shape index (κ3) is 3.13. The van der Waals surface area contributed by atoms with Gasteiger partial charge in [-0.05, 0) is 13.0 Å². The van der Waals surface area contributed by atoms with Gasteiger partial charge in [-0.1, -0.05) is 18.2 Å². The predicted octanol–water partition coefficient (Wildman–Crippen LogP) is 1.47. The fourth-order valence-corrected chi connectivity index (χ4v) is 1.50. The van der Waals surface area contributed by atoms with Gasteiger partial charge in [0.25, 0.3) is 0 Å². The van der Waals surface area contributed by atoms with Crippen molar-refractivity contribution < 1.29 is 34.0 Å². The molecule has 1 rings (SSSR count). The molecule has 1 aromatic rings. The third-order valence-electron chi connectivity index (χ3n) is 1.45. The Morgan fingerprint density at radius 3 is 2.31 bits per heavy atom. The summed E-state index contributed by atoms with van der Waals surface area (Å²) in [6, 6.07) is 6.28. The van der Waals surface area contributed by atoms with Gasteiger partial charge in [0.1, 0.15) is 0 Å². The van der Waals surface area contributed by atoms with E-state index < -0.39 is 11.1 Å². The Labute approximate surface area is 92.5 Å². The van der Waals surface area contributed by atoms with E-state index in [1.165, 1.54) is 19.1 Å². The van der Waals surface area contributed by atoms with Crippen LogP contribution in [0.1, 0.15) is 17.3 Å². The molecule has 1 unspecified atom stereocenters. The van der Waals surface area contributed by atoms with Crippen molar-refractivity contribution in [3.63, 3.8) is 0 Å². The molecule has 1 aromatic carbocycles. The van der Waals surface area contributed by atoms with Gasteiger partial charge in [0, 0.05) is 26.0 Å². The second-order valence-electron chi connectivity index (χ2n) is 2.30. The Bertz CT molecular complexity index is 305. The molecule has 0 aliphatic heterocycles. The number of hydrogen-bond donors (Lipinski definition) is 1. The van der Waals surface area contributed by atoms with Crippen molar-refractivity contribution in [3.05, 3.63) is 29.8 Å². The number of ketones is 1. The SMILES string of the molecule is CC(=O)c1ccccc1S(=O)O.[Re]. The molecule has 71 valence electrons. The fourth-order valence-electron chi connectivity index (χ4n) is 0.910. The molecule has 1 N–H and O–H groups in total. The minimum absolute atomic E-state index is 0. The van der Waals surface area contributed by atoms with Crippen LogP contribution in [0.2, 0.25) is 0 Å². The van der Waals surface area contributed by atoms with Crippen LogP contribution in [-0.4, -0.2) is 14.5 Å². The molecule has 5 heteroatoms. The summed E-state index contributed by atoms with van der Waals surface area (Å²) in [6.07, 6.45) is 0. The topological polar surface area (TPSA) is 54.4 Å². The zero-order chi connectivity index (χ0) is 9.14. The molecule has 0 saturated carbocycles. The Morgan fingerprint density at radius 2 is 1.92 bits per heavy atom. The Morgan fingerprint density at radius 1 is 1.38 bits per heavy atom. The molecule has 0 amide bonds. The average Bonchev–Trinajstić information content (AvgIpc) is 2.04. The second kappa shape index (κ2) is 5.40. The predicted molar refractivity (Wildman–Crippen MR) is 45.5 cm³/mol. The summed E-state index contributed by atoms with van der Waals surface area (Å²) >= 11 is -2.08. The number of hydrogen-bond acceptors (Lipinski definition) is 2. The maximum Gasteiger partial charge on any atom is 0.187 e. The van der Waals surface area contributed by atoms with Gasteiger partial charge in [-0.25, -0.2) is 4.21 Å². The van der Waals surface area contributed by atoms with Crippen molar-refractivity contribution in [2.24, 2.45) is 0 Å². The van der Waals surface area contributed by atoms with Crippen LogP contribution in [0.4, 0.5) is 0 Å². The van der Waals surface area contributed by atoms with Crippen LogP contribution in [0.15, 0.2) is 29.2 Å². The van der Waals surface area contributed by atoms with E-state index in [4.69, 9.17) is 4.55 Å². The van der Waals surface area contributed by atoms with Gasteiger partial charge in [0.2, 0.25) is 0 Å². The summed E-state index contributed by atoms with van der Waals surface area (Å²) in [5.74, 6) is -0.201. The fraction of sp³-hybridized carbons (Fsp3) is 0.125.